The van der Waals surface area contributed by atoms with Crippen LogP contribution in [0.15, 0.2) is 30.9 Å². The van der Waals surface area contributed by atoms with Crippen LogP contribution in [0.2, 0.25) is 0 Å². The molecule has 0 radical (unpaired) electrons. The number of allylic oxidation sites excluding steroid dienone is 1. The highest BCUT2D eigenvalue weighted by Gasteiger charge is 2.01. The number of rotatable bonds is 4. The zero-order valence-electron chi connectivity index (χ0n) is 7.62. The second-order valence-corrected chi connectivity index (χ2v) is 2.68. The lowest BCUT2D eigenvalue weighted by Crippen LogP contribution is -1.92. The lowest BCUT2D eigenvalue weighted by molar-refractivity contribution is 0.112. The number of methoxy groups -OCH3 is 1. The molecule has 1 rings (SSSR count). The molecule has 1 aromatic rings. The van der Waals surface area contributed by atoms with E-state index in [9.17, 15) is 4.79 Å². The fraction of sp³-hybridized carbons (Fsp3) is 0.182. The Morgan fingerprint density at radius 1 is 1.54 bits per heavy atom. The van der Waals surface area contributed by atoms with Crippen LogP contribution in [0.25, 0.3) is 0 Å². The monoisotopic (exact) mass is 176 g/mol. The van der Waals surface area contributed by atoms with E-state index in [1.54, 1.807) is 25.3 Å². The van der Waals surface area contributed by atoms with Crippen LogP contribution in [-0.2, 0) is 6.42 Å². The fourth-order valence-electron chi connectivity index (χ4n) is 1.16. The van der Waals surface area contributed by atoms with Gasteiger partial charge in [-0.1, -0.05) is 6.08 Å². The molecule has 0 aliphatic carbocycles. The first-order chi connectivity index (χ1) is 6.31. The molecule has 0 N–H and O–H groups in total. The molecule has 0 saturated carbocycles. The molecular formula is C11H12O2. The normalized spacial score (nSPS) is 9.31. The minimum absolute atomic E-state index is 0.686. The molecule has 0 heterocycles. The van der Waals surface area contributed by atoms with Crippen molar-refractivity contribution in [1.29, 1.82) is 0 Å². The first kappa shape index (κ1) is 9.52. The molecule has 0 atom stereocenters. The van der Waals surface area contributed by atoms with Crippen LogP contribution in [0.5, 0.6) is 5.75 Å². The first-order valence-electron chi connectivity index (χ1n) is 4.04. The summed E-state index contributed by atoms with van der Waals surface area (Å²) in [6.45, 7) is 3.63. The molecule has 13 heavy (non-hydrogen) atoms. The van der Waals surface area contributed by atoms with Gasteiger partial charge in [-0.3, -0.25) is 4.79 Å². The molecule has 0 aromatic heterocycles. The second-order valence-electron chi connectivity index (χ2n) is 2.68. The van der Waals surface area contributed by atoms with Crippen molar-refractivity contribution in [3.63, 3.8) is 0 Å². The van der Waals surface area contributed by atoms with Gasteiger partial charge in [0.2, 0.25) is 0 Å². The van der Waals surface area contributed by atoms with Gasteiger partial charge in [0.05, 0.1) is 7.11 Å². The van der Waals surface area contributed by atoms with Crippen molar-refractivity contribution in [3.8, 4) is 5.75 Å². The minimum atomic E-state index is 0.686. The van der Waals surface area contributed by atoms with Gasteiger partial charge in [0, 0.05) is 5.56 Å². The molecule has 0 unspecified atom stereocenters. The molecule has 0 bridgehead atoms. The summed E-state index contributed by atoms with van der Waals surface area (Å²) in [5.41, 5.74) is 1.64. The number of hydrogen-bond acceptors (Lipinski definition) is 2. The largest absolute Gasteiger partial charge is 0.497 e. The van der Waals surface area contributed by atoms with E-state index in [-0.39, 0.29) is 0 Å². The van der Waals surface area contributed by atoms with Crippen molar-refractivity contribution in [3.05, 3.63) is 42.0 Å². The highest BCUT2D eigenvalue weighted by Crippen LogP contribution is 2.17. The third kappa shape index (κ3) is 2.18. The van der Waals surface area contributed by atoms with Crippen molar-refractivity contribution in [1.82, 2.24) is 0 Å². The first-order valence-corrected chi connectivity index (χ1v) is 4.04. The Bertz CT molecular complexity index is 316. The number of aldehydes is 1. The van der Waals surface area contributed by atoms with Crippen LogP contribution < -0.4 is 4.74 Å². The zero-order chi connectivity index (χ0) is 9.68. The van der Waals surface area contributed by atoms with Crippen molar-refractivity contribution in [2.45, 2.75) is 6.42 Å². The topological polar surface area (TPSA) is 26.3 Å². The van der Waals surface area contributed by atoms with Crippen molar-refractivity contribution in [2.24, 2.45) is 0 Å². The van der Waals surface area contributed by atoms with Gasteiger partial charge in [0.1, 0.15) is 12.0 Å². The molecule has 0 amide bonds. The summed E-state index contributed by atoms with van der Waals surface area (Å²) >= 11 is 0. The smallest absolute Gasteiger partial charge is 0.150 e. The molecule has 2 heteroatoms. The van der Waals surface area contributed by atoms with Crippen LogP contribution in [-0.4, -0.2) is 13.4 Å². The summed E-state index contributed by atoms with van der Waals surface area (Å²) in [5, 5.41) is 0. The van der Waals surface area contributed by atoms with Gasteiger partial charge < -0.3 is 4.74 Å². The Kier molecular flexibility index (Phi) is 3.26. The van der Waals surface area contributed by atoms with Gasteiger partial charge in [-0.05, 0) is 30.2 Å². The SMILES string of the molecule is C=CCc1cc(OC)ccc1C=O. The van der Waals surface area contributed by atoms with Gasteiger partial charge in [0.15, 0.2) is 0 Å². The van der Waals surface area contributed by atoms with Crippen molar-refractivity contribution in [2.75, 3.05) is 7.11 Å². The summed E-state index contributed by atoms with van der Waals surface area (Å²) in [6.07, 6.45) is 3.30. The van der Waals surface area contributed by atoms with Crippen LogP contribution in [0.1, 0.15) is 15.9 Å². The average Bonchev–Trinajstić information content (AvgIpc) is 2.18. The molecule has 2 nitrogen and oxygen atoms in total. The maximum Gasteiger partial charge on any atom is 0.150 e. The lowest BCUT2D eigenvalue weighted by atomic mass is 10.1. The lowest BCUT2D eigenvalue weighted by Gasteiger charge is -2.04. The molecule has 0 saturated heterocycles. The molecule has 0 fully saturated rings. The van der Waals surface area contributed by atoms with Gasteiger partial charge in [0.25, 0.3) is 0 Å². The number of hydrogen-bond donors (Lipinski definition) is 0. The maximum atomic E-state index is 10.6. The van der Waals surface area contributed by atoms with Crippen LogP contribution >= 0.6 is 0 Å². The second kappa shape index (κ2) is 4.45. The zero-order valence-corrected chi connectivity index (χ0v) is 7.62. The van der Waals surface area contributed by atoms with E-state index >= 15 is 0 Å². The molecular weight excluding hydrogens is 164 g/mol. The predicted octanol–water partition coefficient (Wildman–Crippen LogP) is 2.24. The number of benzene rings is 1. The number of ether oxygens (including phenoxy) is 1. The summed E-state index contributed by atoms with van der Waals surface area (Å²) in [7, 11) is 1.60. The Labute approximate surface area is 77.8 Å². The third-order valence-electron chi connectivity index (χ3n) is 1.84. The van der Waals surface area contributed by atoms with Crippen LogP contribution in [0, 0.1) is 0 Å². The van der Waals surface area contributed by atoms with E-state index in [1.807, 2.05) is 6.07 Å². The quantitative estimate of drug-likeness (QED) is 0.519. The Morgan fingerprint density at radius 2 is 2.31 bits per heavy atom. The standard InChI is InChI=1S/C11H12O2/c1-3-4-9-7-11(13-2)6-5-10(9)8-12/h3,5-8H,1,4H2,2H3. The fourth-order valence-corrected chi connectivity index (χ4v) is 1.16. The third-order valence-corrected chi connectivity index (χ3v) is 1.84. The van der Waals surface area contributed by atoms with Crippen LogP contribution in [0.3, 0.4) is 0 Å². The Morgan fingerprint density at radius 3 is 2.85 bits per heavy atom. The molecule has 0 spiro atoms. The van der Waals surface area contributed by atoms with Gasteiger partial charge in [-0.25, -0.2) is 0 Å². The molecule has 1 aromatic carbocycles. The van der Waals surface area contributed by atoms with E-state index in [0.717, 1.165) is 17.6 Å². The molecule has 0 aliphatic heterocycles. The van der Waals surface area contributed by atoms with Gasteiger partial charge in [-0.15, -0.1) is 6.58 Å². The van der Waals surface area contributed by atoms with E-state index in [2.05, 4.69) is 6.58 Å². The minimum Gasteiger partial charge on any atom is -0.497 e. The Hall–Kier alpha value is -1.57. The average molecular weight is 176 g/mol. The summed E-state index contributed by atoms with van der Waals surface area (Å²) in [6, 6.07) is 5.38. The van der Waals surface area contributed by atoms with Crippen molar-refractivity contribution < 1.29 is 9.53 Å². The number of carbonyl (C=O) groups is 1. The number of carbonyl (C=O) groups excluding carboxylic acids is 1. The summed E-state index contributed by atoms with van der Waals surface area (Å²) in [5.74, 6) is 0.766. The van der Waals surface area contributed by atoms with E-state index in [0.29, 0.717) is 12.0 Å². The molecule has 68 valence electrons. The predicted molar refractivity (Wildman–Crippen MR) is 52.3 cm³/mol. The summed E-state index contributed by atoms with van der Waals surface area (Å²) < 4.78 is 5.05. The van der Waals surface area contributed by atoms with Crippen LogP contribution in [0.4, 0.5) is 0 Å². The van der Waals surface area contributed by atoms with Gasteiger partial charge >= 0.3 is 0 Å². The van der Waals surface area contributed by atoms with Crippen molar-refractivity contribution >= 4 is 6.29 Å². The highest BCUT2D eigenvalue weighted by molar-refractivity contribution is 5.77. The van der Waals surface area contributed by atoms with E-state index in [4.69, 9.17) is 4.74 Å². The van der Waals surface area contributed by atoms with E-state index in [1.165, 1.54) is 0 Å². The maximum absolute atomic E-state index is 10.6. The van der Waals surface area contributed by atoms with E-state index < -0.39 is 0 Å². The highest BCUT2D eigenvalue weighted by atomic mass is 16.5. The Balaban J connectivity index is 3.08. The van der Waals surface area contributed by atoms with Gasteiger partial charge in [-0.2, -0.15) is 0 Å². The molecule has 0 aliphatic rings. The summed E-state index contributed by atoms with van der Waals surface area (Å²) in [4.78, 5) is 10.6.